The number of morpholine rings is 1. The third kappa shape index (κ3) is 4.54. The van der Waals surface area contributed by atoms with Crippen molar-refractivity contribution in [2.45, 2.75) is 6.54 Å². The van der Waals surface area contributed by atoms with Crippen LogP contribution in [0, 0.1) is 11.3 Å². The smallest absolute Gasteiger partial charge is 0.236 e. The molecule has 2 aliphatic heterocycles. The maximum absolute atomic E-state index is 12.3. The summed E-state index contributed by atoms with van der Waals surface area (Å²) in [5, 5.41) is 8.98. The highest BCUT2D eigenvalue weighted by molar-refractivity contribution is 5.78. The van der Waals surface area contributed by atoms with Gasteiger partial charge in [-0.2, -0.15) is 5.26 Å². The van der Waals surface area contributed by atoms with Crippen LogP contribution in [0.4, 0.5) is 0 Å². The number of carbonyl (C=O) groups is 1. The second-order valence-electron chi connectivity index (χ2n) is 6.36. The molecule has 0 aromatic heterocycles. The normalized spacial score (nSPS) is 19.9. The Morgan fingerprint density at radius 3 is 2.50 bits per heavy atom. The molecule has 0 aliphatic carbocycles. The lowest BCUT2D eigenvalue weighted by molar-refractivity contribution is -0.136. The van der Waals surface area contributed by atoms with E-state index in [9.17, 15) is 4.79 Å². The summed E-state index contributed by atoms with van der Waals surface area (Å²) in [5.74, 6) is 0.216. The number of rotatable bonds is 4. The number of amides is 1. The van der Waals surface area contributed by atoms with E-state index in [1.807, 2.05) is 23.1 Å². The molecular formula is C18H24N4O2. The van der Waals surface area contributed by atoms with Gasteiger partial charge in [0, 0.05) is 45.8 Å². The van der Waals surface area contributed by atoms with Gasteiger partial charge in [-0.1, -0.05) is 12.1 Å². The fourth-order valence-corrected chi connectivity index (χ4v) is 3.21. The van der Waals surface area contributed by atoms with Crippen molar-refractivity contribution in [3.63, 3.8) is 0 Å². The summed E-state index contributed by atoms with van der Waals surface area (Å²) < 4.78 is 5.29. The molecule has 0 spiro atoms. The van der Waals surface area contributed by atoms with Crippen molar-refractivity contribution in [2.75, 3.05) is 59.0 Å². The van der Waals surface area contributed by atoms with Crippen LogP contribution in [0.1, 0.15) is 11.1 Å². The Morgan fingerprint density at radius 2 is 1.79 bits per heavy atom. The van der Waals surface area contributed by atoms with Crippen molar-refractivity contribution in [3.8, 4) is 6.07 Å². The Labute approximate surface area is 143 Å². The first-order valence-corrected chi connectivity index (χ1v) is 8.54. The van der Waals surface area contributed by atoms with Gasteiger partial charge in [0.25, 0.3) is 0 Å². The van der Waals surface area contributed by atoms with Gasteiger partial charge in [-0.05, 0) is 17.7 Å². The van der Waals surface area contributed by atoms with Gasteiger partial charge in [-0.25, -0.2) is 0 Å². The largest absolute Gasteiger partial charge is 0.378 e. The molecule has 2 fully saturated rings. The van der Waals surface area contributed by atoms with E-state index in [2.05, 4.69) is 21.9 Å². The standard InChI is InChI=1S/C18H24N4O2/c19-13-16-2-1-3-17(12-16)14-20-4-6-21(7-5-20)15-18(23)22-8-10-24-11-9-22/h1-3,12H,4-11,14-15H2. The molecule has 0 saturated carbocycles. The lowest BCUT2D eigenvalue weighted by atomic mass is 10.1. The van der Waals surface area contributed by atoms with Crippen LogP contribution in [0.2, 0.25) is 0 Å². The van der Waals surface area contributed by atoms with Crippen LogP contribution < -0.4 is 0 Å². The summed E-state index contributed by atoms with van der Waals surface area (Å²) in [6, 6.07) is 9.97. The zero-order chi connectivity index (χ0) is 16.8. The summed E-state index contributed by atoms with van der Waals surface area (Å²) in [6.45, 7) is 7.84. The molecule has 3 rings (SSSR count). The number of hydrogen-bond donors (Lipinski definition) is 0. The van der Waals surface area contributed by atoms with Gasteiger partial charge in [-0.3, -0.25) is 14.6 Å². The van der Waals surface area contributed by atoms with E-state index in [0.29, 0.717) is 38.4 Å². The molecular weight excluding hydrogens is 304 g/mol. The van der Waals surface area contributed by atoms with Crippen molar-refractivity contribution in [1.29, 1.82) is 5.26 Å². The SMILES string of the molecule is N#Cc1cccc(CN2CCN(CC(=O)N3CCOCC3)CC2)c1. The highest BCUT2D eigenvalue weighted by Gasteiger charge is 2.22. The molecule has 1 aromatic rings. The maximum Gasteiger partial charge on any atom is 0.236 e. The quantitative estimate of drug-likeness (QED) is 0.807. The van der Waals surface area contributed by atoms with E-state index in [0.717, 1.165) is 32.7 Å². The highest BCUT2D eigenvalue weighted by atomic mass is 16.5. The Hall–Kier alpha value is -1.94. The fourth-order valence-electron chi connectivity index (χ4n) is 3.21. The Bertz CT molecular complexity index is 599. The number of ether oxygens (including phenoxy) is 1. The van der Waals surface area contributed by atoms with E-state index in [1.165, 1.54) is 5.56 Å². The molecule has 1 amide bonds. The molecule has 0 bridgehead atoms. The number of benzene rings is 1. The third-order valence-electron chi connectivity index (χ3n) is 4.65. The average Bonchev–Trinajstić information content (AvgIpc) is 2.64. The maximum atomic E-state index is 12.3. The molecule has 2 saturated heterocycles. The molecule has 0 atom stereocenters. The van der Waals surface area contributed by atoms with Gasteiger partial charge in [0.1, 0.15) is 0 Å². The Kier molecular flexibility index (Phi) is 5.81. The molecule has 24 heavy (non-hydrogen) atoms. The molecule has 2 aliphatic rings. The molecule has 128 valence electrons. The second-order valence-corrected chi connectivity index (χ2v) is 6.36. The van der Waals surface area contributed by atoms with Gasteiger partial charge in [0.2, 0.25) is 5.91 Å². The fraction of sp³-hybridized carbons (Fsp3) is 0.556. The number of piperazine rings is 1. The predicted octanol–water partition coefficient (Wildman–Crippen LogP) is 0.535. The number of nitriles is 1. The van der Waals surface area contributed by atoms with Crippen LogP contribution in [-0.4, -0.2) is 79.6 Å². The van der Waals surface area contributed by atoms with Gasteiger partial charge in [0.15, 0.2) is 0 Å². The lowest BCUT2D eigenvalue weighted by Gasteiger charge is -2.36. The monoisotopic (exact) mass is 328 g/mol. The zero-order valence-corrected chi connectivity index (χ0v) is 14.0. The minimum Gasteiger partial charge on any atom is -0.378 e. The highest BCUT2D eigenvalue weighted by Crippen LogP contribution is 2.11. The predicted molar refractivity (Wildman–Crippen MR) is 90.3 cm³/mol. The van der Waals surface area contributed by atoms with Gasteiger partial charge >= 0.3 is 0 Å². The average molecular weight is 328 g/mol. The van der Waals surface area contributed by atoms with Crippen LogP contribution in [0.3, 0.4) is 0 Å². The first-order valence-electron chi connectivity index (χ1n) is 8.54. The summed E-state index contributed by atoms with van der Waals surface area (Å²) in [6.07, 6.45) is 0. The zero-order valence-electron chi connectivity index (χ0n) is 14.0. The Morgan fingerprint density at radius 1 is 1.08 bits per heavy atom. The van der Waals surface area contributed by atoms with Crippen LogP contribution in [0.15, 0.2) is 24.3 Å². The number of nitrogens with zero attached hydrogens (tertiary/aromatic N) is 4. The van der Waals surface area contributed by atoms with Crippen molar-refractivity contribution in [1.82, 2.24) is 14.7 Å². The minimum absolute atomic E-state index is 0.216. The van der Waals surface area contributed by atoms with Crippen LogP contribution >= 0.6 is 0 Å². The molecule has 2 heterocycles. The van der Waals surface area contributed by atoms with Crippen molar-refractivity contribution in [3.05, 3.63) is 35.4 Å². The lowest BCUT2D eigenvalue weighted by Crippen LogP contribution is -2.51. The Balaban J connectivity index is 1.43. The van der Waals surface area contributed by atoms with E-state index in [4.69, 9.17) is 10.00 Å². The van der Waals surface area contributed by atoms with Crippen LogP contribution in [-0.2, 0) is 16.1 Å². The topological polar surface area (TPSA) is 59.8 Å². The number of hydrogen-bond acceptors (Lipinski definition) is 5. The van der Waals surface area contributed by atoms with Crippen molar-refractivity contribution >= 4 is 5.91 Å². The van der Waals surface area contributed by atoms with Crippen LogP contribution in [0.25, 0.3) is 0 Å². The molecule has 1 aromatic carbocycles. The van der Waals surface area contributed by atoms with Crippen molar-refractivity contribution in [2.24, 2.45) is 0 Å². The summed E-state index contributed by atoms with van der Waals surface area (Å²) in [5.41, 5.74) is 1.88. The second kappa shape index (κ2) is 8.25. The van der Waals surface area contributed by atoms with E-state index in [1.54, 1.807) is 0 Å². The summed E-state index contributed by atoms with van der Waals surface area (Å²) in [4.78, 5) is 18.8. The van der Waals surface area contributed by atoms with Gasteiger partial charge < -0.3 is 9.64 Å². The molecule has 0 unspecified atom stereocenters. The van der Waals surface area contributed by atoms with E-state index in [-0.39, 0.29) is 5.91 Å². The van der Waals surface area contributed by atoms with Crippen LogP contribution in [0.5, 0.6) is 0 Å². The molecule has 6 nitrogen and oxygen atoms in total. The summed E-state index contributed by atoms with van der Waals surface area (Å²) >= 11 is 0. The van der Waals surface area contributed by atoms with Gasteiger partial charge in [-0.15, -0.1) is 0 Å². The molecule has 0 radical (unpaired) electrons. The first kappa shape index (κ1) is 16.9. The van der Waals surface area contributed by atoms with E-state index >= 15 is 0 Å². The third-order valence-corrected chi connectivity index (χ3v) is 4.65. The van der Waals surface area contributed by atoms with E-state index < -0.39 is 0 Å². The van der Waals surface area contributed by atoms with Gasteiger partial charge in [0.05, 0.1) is 31.4 Å². The number of carbonyl (C=O) groups excluding carboxylic acids is 1. The van der Waals surface area contributed by atoms with Crippen molar-refractivity contribution < 1.29 is 9.53 Å². The minimum atomic E-state index is 0.216. The summed E-state index contributed by atoms with van der Waals surface area (Å²) in [7, 11) is 0. The first-order chi connectivity index (χ1) is 11.7. The molecule has 0 N–H and O–H groups in total. The molecule has 6 heteroatoms.